The summed E-state index contributed by atoms with van der Waals surface area (Å²) in [7, 11) is 3.87. The van der Waals surface area contributed by atoms with Crippen molar-refractivity contribution in [1.82, 2.24) is 34.7 Å². The predicted molar refractivity (Wildman–Crippen MR) is 144 cm³/mol. The summed E-state index contributed by atoms with van der Waals surface area (Å²) in [5.41, 5.74) is 4.12. The van der Waals surface area contributed by atoms with Crippen LogP contribution in [0, 0.1) is 0 Å². The summed E-state index contributed by atoms with van der Waals surface area (Å²) >= 11 is 0. The van der Waals surface area contributed by atoms with Crippen molar-refractivity contribution in [3.05, 3.63) is 42.0 Å². The van der Waals surface area contributed by atoms with E-state index in [0.717, 1.165) is 80.6 Å². The minimum Gasteiger partial charge on any atom is -0.378 e. The Bertz CT molecular complexity index is 1290. The molecule has 2 saturated heterocycles. The maximum Gasteiger partial charge on any atom is 0.272 e. The molecule has 198 valence electrons. The van der Waals surface area contributed by atoms with Crippen LogP contribution in [0.2, 0.25) is 0 Å². The number of aromatic nitrogens is 5. The van der Waals surface area contributed by atoms with E-state index in [4.69, 9.17) is 14.7 Å². The molecule has 6 heterocycles. The van der Waals surface area contributed by atoms with Gasteiger partial charge in [0, 0.05) is 76.4 Å². The number of piperazine rings is 1. The van der Waals surface area contributed by atoms with Crippen LogP contribution in [-0.2, 0) is 11.2 Å². The lowest BCUT2D eigenvalue weighted by atomic mass is 10.1. The molecule has 1 amide bonds. The molecule has 0 spiro atoms. The standard InChI is InChI=1S/C26H32N10O2/c1-27-25-29-15-18(16-30-25)22-20-5-6-36(23(20)32-26(31-22)35-11-13-38-14-12-35)19-3-4-21(28-17-19)24(37)34-9-7-33(2)8-10-34/h3-4,15-17H,5-14H2,1-2H3,(H,27,29,30). The number of ether oxygens (including phenoxy) is 1. The van der Waals surface area contributed by atoms with E-state index in [-0.39, 0.29) is 5.91 Å². The van der Waals surface area contributed by atoms with Crippen LogP contribution in [-0.4, -0.2) is 114 Å². The van der Waals surface area contributed by atoms with Crippen molar-refractivity contribution in [3.8, 4) is 11.3 Å². The smallest absolute Gasteiger partial charge is 0.272 e. The van der Waals surface area contributed by atoms with Crippen LogP contribution in [0.4, 0.5) is 23.4 Å². The summed E-state index contributed by atoms with van der Waals surface area (Å²) in [6, 6.07) is 3.79. The minimum atomic E-state index is -0.0179. The van der Waals surface area contributed by atoms with Crippen molar-refractivity contribution >= 4 is 29.3 Å². The minimum absolute atomic E-state index is 0.0179. The number of hydrogen-bond acceptors (Lipinski definition) is 11. The summed E-state index contributed by atoms with van der Waals surface area (Å²) in [5, 5.41) is 2.96. The fourth-order valence-electron chi connectivity index (χ4n) is 5.06. The van der Waals surface area contributed by atoms with Crippen LogP contribution < -0.4 is 15.1 Å². The van der Waals surface area contributed by atoms with Gasteiger partial charge in [-0.05, 0) is 25.6 Å². The molecule has 1 N–H and O–H groups in total. The Labute approximate surface area is 221 Å². The molecule has 0 saturated carbocycles. The van der Waals surface area contributed by atoms with Crippen LogP contribution in [0.15, 0.2) is 30.7 Å². The number of morpholine rings is 1. The van der Waals surface area contributed by atoms with Crippen molar-refractivity contribution in [2.75, 3.05) is 88.2 Å². The second-order valence-corrected chi connectivity index (χ2v) is 9.72. The number of rotatable bonds is 5. The third-order valence-electron chi connectivity index (χ3n) is 7.33. The van der Waals surface area contributed by atoms with Gasteiger partial charge in [0.25, 0.3) is 5.91 Å². The van der Waals surface area contributed by atoms with Gasteiger partial charge in [-0.2, -0.15) is 4.98 Å². The molecule has 12 nitrogen and oxygen atoms in total. The summed E-state index contributed by atoms with van der Waals surface area (Å²) in [4.78, 5) is 44.8. The first-order chi connectivity index (χ1) is 18.6. The van der Waals surface area contributed by atoms with Gasteiger partial charge in [0.15, 0.2) is 0 Å². The molecule has 0 aromatic carbocycles. The first-order valence-electron chi connectivity index (χ1n) is 13.1. The normalized spacial score (nSPS) is 18.0. The van der Waals surface area contributed by atoms with Gasteiger partial charge in [-0.3, -0.25) is 4.79 Å². The molecule has 2 fully saturated rings. The second-order valence-electron chi connectivity index (χ2n) is 9.72. The zero-order chi connectivity index (χ0) is 26.1. The molecule has 3 aliphatic rings. The molecule has 3 aromatic rings. The van der Waals surface area contributed by atoms with Crippen LogP contribution >= 0.6 is 0 Å². The molecule has 0 radical (unpaired) electrons. The number of carbonyl (C=O) groups excluding carboxylic acids is 1. The average molecular weight is 517 g/mol. The fourth-order valence-corrected chi connectivity index (χ4v) is 5.06. The number of fused-ring (bicyclic) bond motifs is 1. The van der Waals surface area contributed by atoms with Crippen LogP contribution in [0.25, 0.3) is 11.3 Å². The first kappa shape index (κ1) is 24.4. The van der Waals surface area contributed by atoms with E-state index in [1.165, 1.54) is 0 Å². The van der Waals surface area contributed by atoms with Gasteiger partial charge in [-0.1, -0.05) is 0 Å². The molecule has 3 aliphatic heterocycles. The van der Waals surface area contributed by atoms with Crippen LogP contribution in [0.3, 0.4) is 0 Å². The van der Waals surface area contributed by atoms with E-state index in [1.54, 1.807) is 25.6 Å². The molecule has 0 bridgehead atoms. The monoisotopic (exact) mass is 516 g/mol. The molecule has 6 rings (SSSR count). The van der Waals surface area contributed by atoms with E-state index >= 15 is 0 Å². The fraction of sp³-hybridized carbons (Fsp3) is 0.462. The molecule has 12 heteroatoms. The number of pyridine rings is 1. The molecular weight excluding hydrogens is 484 g/mol. The largest absolute Gasteiger partial charge is 0.378 e. The number of nitrogens with one attached hydrogen (secondary N) is 1. The van der Waals surface area contributed by atoms with E-state index in [9.17, 15) is 4.79 Å². The van der Waals surface area contributed by atoms with Gasteiger partial charge in [-0.15, -0.1) is 0 Å². The number of hydrogen-bond donors (Lipinski definition) is 1. The van der Waals surface area contributed by atoms with Crippen molar-refractivity contribution in [3.63, 3.8) is 0 Å². The average Bonchev–Trinajstić information content (AvgIpc) is 3.41. The molecular formula is C26H32N10O2. The van der Waals surface area contributed by atoms with E-state index in [1.807, 2.05) is 17.0 Å². The van der Waals surface area contributed by atoms with E-state index < -0.39 is 0 Å². The van der Waals surface area contributed by atoms with Crippen LogP contribution in [0.1, 0.15) is 16.1 Å². The van der Waals surface area contributed by atoms with Gasteiger partial charge >= 0.3 is 0 Å². The molecule has 0 aliphatic carbocycles. The Kier molecular flexibility index (Phi) is 6.73. The molecule has 0 atom stereocenters. The van der Waals surface area contributed by atoms with Gasteiger partial charge in [0.1, 0.15) is 11.5 Å². The topological polar surface area (TPSA) is 116 Å². The van der Waals surface area contributed by atoms with Crippen LogP contribution in [0.5, 0.6) is 0 Å². The number of amides is 1. The Morgan fingerprint density at radius 1 is 0.921 bits per heavy atom. The Morgan fingerprint density at radius 3 is 2.37 bits per heavy atom. The van der Waals surface area contributed by atoms with Gasteiger partial charge in [0.05, 0.1) is 30.8 Å². The highest BCUT2D eigenvalue weighted by Crippen LogP contribution is 2.39. The lowest BCUT2D eigenvalue weighted by molar-refractivity contribution is 0.0658. The SMILES string of the molecule is CNc1ncc(-c2nc(N3CCOCC3)nc3c2CCN3c2ccc(C(=O)N3CCN(C)CC3)nc2)cn1. The summed E-state index contributed by atoms with van der Waals surface area (Å²) in [6.45, 7) is 6.71. The Balaban J connectivity index is 1.32. The summed E-state index contributed by atoms with van der Waals surface area (Å²) in [5.74, 6) is 2.07. The third-order valence-corrected chi connectivity index (χ3v) is 7.33. The maximum atomic E-state index is 13.0. The van der Waals surface area contributed by atoms with Crippen molar-refractivity contribution < 1.29 is 9.53 Å². The summed E-state index contributed by atoms with van der Waals surface area (Å²) in [6.07, 6.45) is 6.16. The van der Waals surface area contributed by atoms with E-state index in [2.05, 4.69) is 42.0 Å². The van der Waals surface area contributed by atoms with Crippen molar-refractivity contribution in [1.29, 1.82) is 0 Å². The molecule has 0 unspecified atom stereocenters. The van der Waals surface area contributed by atoms with E-state index in [0.29, 0.717) is 30.8 Å². The number of nitrogens with zero attached hydrogens (tertiary/aromatic N) is 9. The Morgan fingerprint density at radius 2 is 1.68 bits per heavy atom. The second kappa shape index (κ2) is 10.5. The third kappa shape index (κ3) is 4.72. The van der Waals surface area contributed by atoms with Crippen molar-refractivity contribution in [2.45, 2.75) is 6.42 Å². The van der Waals surface area contributed by atoms with Gasteiger partial charge < -0.3 is 29.7 Å². The maximum absolute atomic E-state index is 13.0. The molecule has 38 heavy (non-hydrogen) atoms. The quantitative estimate of drug-likeness (QED) is 0.529. The highest BCUT2D eigenvalue weighted by atomic mass is 16.5. The summed E-state index contributed by atoms with van der Waals surface area (Å²) < 4.78 is 5.55. The van der Waals surface area contributed by atoms with Crippen molar-refractivity contribution in [2.24, 2.45) is 0 Å². The number of likely N-dealkylation sites (N-methyl/N-ethyl adjacent to an activating group) is 1. The predicted octanol–water partition coefficient (Wildman–Crippen LogP) is 1.29. The lowest BCUT2D eigenvalue weighted by Gasteiger charge is -2.32. The zero-order valence-electron chi connectivity index (χ0n) is 21.8. The Hall–Kier alpha value is -3.90. The highest BCUT2D eigenvalue weighted by Gasteiger charge is 2.30. The first-order valence-corrected chi connectivity index (χ1v) is 13.1. The molecule has 3 aromatic heterocycles. The zero-order valence-corrected chi connectivity index (χ0v) is 21.8. The van der Waals surface area contributed by atoms with Gasteiger partial charge in [0.2, 0.25) is 11.9 Å². The van der Waals surface area contributed by atoms with Gasteiger partial charge in [-0.25, -0.2) is 19.9 Å². The number of carbonyl (C=O) groups is 1. The lowest BCUT2D eigenvalue weighted by Crippen LogP contribution is -2.47. The highest BCUT2D eigenvalue weighted by molar-refractivity contribution is 5.92. The number of anilines is 4.